The molecule has 5 nitrogen and oxygen atoms in total. The fourth-order valence-electron chi connectivity index (χ4n) is 2.22. The molecule has 2 aromatic heterocycles. The van der Waals surface area contributed by atoms with Gasteiger partial charge in [-0.1, -0.05) is 24.3 Å². The summed E-state index contributed by atoms with van der Waals surface area (Å²) in [5, 5.41) is 15.3. The topological polar surface area (TPSA) is 67.9 Å². The quantitative estimate of drug-likeness (QED) is 0.514. The summed E-state index contributed by atoms with van der Waals surface area (Å²) in [5.41, 5.74) is 2.52. The van der Waals surface area contributed by atoms with Crippen molar-refractivity contribution in [1.29, 1.82) is 5.26 Å². The van der Waals surface area contributed by atoms with Gasteiger partial charge < -0.3 is 4.74 Å². The smallest absolute Gasteiger partial charge is 0.332 e. The molecule has 0 amide bonds. The van der Waals surface area contributed by atoms with Crippen LogP contribution in [0.15, 0.2) is 60.1 Å². The minimum absolute atomic E-state index is 0.557. The summed E-state index contributed by atoms with van der Waals surface area (Å²) in [7, 11) is 0. The van der Waals surface area contributed by atoms with E-state index in [0.29, 0.717) is 0 Å². The summed E-state index contributed by atoms with van der Waals surface area (Å²) in [4.78, 5) is 12.8. The molecule has 0 bridgehead atoms. The fraction of sp³-hybridized carbons (Fsp3) is 0.105. The van der Waals surface area contributed by atoms with E-state index in [1.165, 1.54) is 13.0 Å². The minimum Gasteiger partial charge on any atom is -0.444 e. The summed E-state index contributed by atoms with van der Waals surface area (Å²) < 4.78 is 6.71. The number of aromatic nitrogens is 2. The van der Waals surface area contributed by atoms with Crippen molar-refractivity contribution in [3.8, 4) is 22.3 Å². The molecule has 0 fully saturated rings. The van der Waals surface area contributed by atoms with Crippen molar-refractivity contribution in [3.63, 3.8) is 0 Å². The van der Waals surface area contributed by atoms with Crippen molar-refractivity contribution in [2.45, 2.75) is 13.0 Å². The fourth-order valence-corrected chi connectivity index (χ4v) is 2.96. The minimum atomic E-state index is -0.777. The van der Waals surface area contributed by atoms with E-state index in [-0.39, 0.29) is 0 Å². The third-order valence-electron chi connectivity index (χ3n) is 3.39. The van der Waals surface area contributed by atoms with Crippen LogP contribution in [0.25, 0.3) is 22.3 Å². The van der Waals surface area contributed by atoms with E-state index in [1.807, 2.05) is 60.1 Å². The molecule has 0 aliphatic carbocycles. The SMILES string of the molecule is C[C@H](C#N)OC(=O)/C=C/c1cn(-c2ccccc2)nc1-c1cccs1. The number of hydrogen-bond acceptors (Lipinski definition) is 5. The first kappa shape index (κ1) is 16.7. The van der Waals surface area contributed by atoms with Crippen LogP contribution in [0, 0.1) is 11.3 Å². The molecule has 0 unspecified atom stereocenters. The predicted molar refractivity (Wildman–Crippen MR) is 97.1 cm³/mol. The first-order valence-electron chi connectivity index (χ1n) is 7.64. The van der Waals surface area contributed by atoms with Gasteiger partial charge in [0, 0.05) is 17.8 Å². The van der Waals surface area contributed by atoms with Crippen LogP contribution in [-0.4, -0.2) is 21.9 Å². The Labute approximate surface area is 149 Å². The summed E-state index contributed by atoms with van der Waals surface area (Å²) in [6.45, 7) is 1.52. The van der Waals surface area contributed by atoms with Gasteiger partial charge in [0.2, 0.25) is 0 Å². The number of nitrogens with zero attached hydrogens (tertiary/aromatic N) is 3. The highest BCUT2D eigenvalue weighted by Crippen LogP contribution is 2.28. The molecule has 1 atom stereocenters. The van der Waals surface area contributed by atoms with Crippen LogP contribution >= 0.6 is 11.3 Å². The Balaban J connectivity index is 1.93. The number of carbonyl (C=O) groups is 1. The van der Waals surface area contributed by atoms with Crippen LogP contribution < -0.4 is 0 Å². The number of thiophene rings is 1. The lowest BCUT2D eigenvalue weighted by molar-refractivity contribution is -0.139. The Kier molecular flexibility index (Phi) is 5.07. The summed E-state index contributed by atoms with van der Waals surface area (Å²) in [6, 6.07) is 15.5. The monoisotopic (exact) mass is 349 g/mol. The second-order valence-electron chi connectivity index (χ2n) is 5.23. The molecule has 6 heteroatoms. The Morgan fingerprint density at radius 1 is 1.32 bits per heavy atom. The van der Waals surface area contributed by atoms with Gasteiger partial charge in [0.15, 0.2) is 6.10 Å². The maximum Gasteiger partial charge on any atom is 0.332 e. The average molecular weight is 349 g/mol. The average Bonchev–Trinajstić information content (AvgIpc) is 3.30. The Hall–Kier alpha value is -3.17. The van der Waals surface area contributed by atoms with Crippen LogP contribution in [0.4, 0.5) is 0 Å². The number of rotatable bonds is 5. The highest BCUT2D eigenvalue weighted by molar-refractivity contribution is 7.13. The number of para-hydroxylation sites is 1. The van der Waals surface area contributed by atoms with Crippen LogP contribution in [0.5, 0.6) is 0 Å². The molecular formula is C19H15N3O2S. The molecule has 0 saturated carbocycles. The molecule has 0 aliphatic rings. The third-order valence-corrected chi connectivity index (χ3v) is 4.27. The summed E-state index contributed by atoms with van der Waals surface area (Å²) >= 11 is 1.58. The van der Waals surface area contributed by atoms with E-state index in [2.05, 4.69) is 5.10 Å². The normalized spacial score (nSPS) is 12.0. The number of benzene rings is 1. The number of carbonyl (C=O) groups excluding carboxylic acids is 1. The lowest BCUT2D eigenvalue weighted by Gasteiger charge is -2.01. The molecule has 0 spiro atoms. The van der Waals surface area contributed by atoms with Gasteiger partial charge in [0.1, 0.15) is 11.8 Å². The maximum atomic E-state index is 11.8. The van der Waals surface area contributed by atoms with Gasteiger partial charge in [-0.05, 0) is 36.6 Å². The standard InChI is InChI=1S/C19H15N3O2S/c1-14(12-20)24-18(23)10-9-15-13-22(16-6-3-2-4-7-16)21-19(15)17-8-5-11-25-17/h2-11,13-14H,1H3/b10-9+/t14-/m1/s1. The van der Waals surface area contributed by atoms with Crippen molar-refractivity contribution in [2.24, 2.45) is 0 Å². The Bertz CT molecular complexity index is 921. The maximum absolute atomic E-state index is 11.8. The lowest BCUT2D eigenvalue weighted by Crippen LogP contribution is -2.10. The zero-order valence-electron chi connectivity index (χ0n) is 13.5. The predicted octanol–water partition coefficient (Wildman–Crippen LogP) is 4.07. The molecule has 2 heterocycles. The van der Waals surface area contributed by atoms with Gasteiger partial charge in [-0.15, -0.1) is 11.3 Å². The molecule has 25 heavy (non-hydrogen) atoms. The molecule has 1 aromatic carbocycles. The van der Waals surface area contributed by atoms with E-state index in [9.17, 15) is 4.79 Å². The second kappa shape index (κ2) is 7.60. The number of nitriles is 1. The molecule has 3 rings (SSSR count). The van der Waals surface area contributed by atoms with Crippen LogP contribution in [0.2, 0.25) is 0 Å². The number of ether oxygens (including phenoxy) is 1. The van der Waals surface area contributed by atoms with Crippen molar-refractivity contribution in [1.82, 2.24) is 9.78 Å². The molecular weight excluding hydrogens is 334 g/mol. The van der Waals surface area contributed by atoms with Gasteiger partial charge >= 0.3 is 5.97 Å². The number of esters is 1. The molecule has 3 aromatic rings. The zero-order valence-corrected chi connectivity index (χ0v) is 14.3. The van der Waals surface area contributed by atoms with Crippen LogP contribution in [0.3, 0.4) is 0 Å². The third kappa shape index (κ3) is 4.03. The largest absolute Gasteiger partial charge is 0.444 e. The first-order chi connectivity index (χ1) is 12.2. The van der Waals surface area contributed by atoms with E-state index >= 15 is 0 Å². The van der Waals surface area contributed by atoms with E-state index < -0.39 is 12.1 Å². The van der Waals surface area contributed by atoms with Gasteiger partial charge in [-0.3, -0.25) is 0 Å². The number of hydrogen-bond donors (Lipinski definition) is 0. The molecule has 124 valence electrons. The lowest BCUT2D eigenvalue weighted by atomic mass is 10.2. The van der Waals surface area contributed by atoms with Crippen molar-refractivity contribution >= 4 is 23.4 Å². The van der Waals surface area contributed by atoms with Gasteiger partial charge in [0.05, 0.1) is 10.6 Å². The van der Waals surface area contributed by atoms with Gasteiger partial charge in [-0.25, -0.2) is 9.48 Å². The highest BCUT2D eigenvalue weighted by Gasteiger charge is 2.12. The van der Waals surface area contributed by atoms with Gasteiger partial charge in [0.25, 0.3) is 0 Å². The Morgan fingerprint density at radius 3 is 2.80 bits per heavy atom. The first-order valence-corrected chi connectivity index (χ1v) is 8.52. The van der Waals surface area contributed by atoms with E-state index in [0.717, 1.165) is 21.8 Å². The molecule has 0 radical (unpaired) electrons. The van der Waals surface area contributed by atoms with Crippen molar-refractivity contribution < 1.29 is 9.53 Å². The second-order valence-corrected chi connectivity index (χ2v) is 6.18. The summed E-state index contributed by atoms with van der Waals surface area (Å²) in [6.07, 6.45) is 4.06. The van der Waals surface area contributed by atoms with Crippen molar-refractivity contribution in [2.75, 3.05) is 0 Å². The molecule has 0 aliphatic heterocycles. The highest BCUT2D eigenvalue weighted by atomic mass is 32.1. The van der Waals surface area contributed by atoms with E-state index in [4.69, 9.17) is 10.00 Å². The van der Waals surface area contributed by atoms with E-state index in [1.54, 1.807) is 22.1 Å². The zero-order chi connectivity index (χ0) is 17.6. The molecule has 0 N–H and O–H groups in total. The van der Waals surface area contributed by atoms with Gasteiger partial charge in [-0.2, -0.15) is 10.4 Å². The van der Waals surface area contributed by atoms with Crippen LogP contribution in [0.1, 0.15) is 12.5 Å². The summed E-state index contributed by atoms with van der Waals surface area (Å²) in [5.74, 6) is -0.557. The molecule has 0 saturated heterocycles. The Morgan fingerprint density at radius 2 is 2.12 bits per heavy atom. The van der Waals surface area contributed by atoms with Crippen molar-refractivity contribution in [3.05, 3.63) is 65.7 Å². The van der Waals surface area contributed by atoms with Crippen LogP contribution in [-0.2, 0) is 9.53 Å².